The van der Waals surface area contributed by atoms with Crippen molar-refractivity contribution in [1.82, 2.24) is 5.32 Å². The SMILES string of the molecule is CCOc1ccccc1C(=O)NCC(=O)OCc1cc(=O)oc2c(C)c(O)ccc12. The van der Waals surface area contributed by atoms with Gasteiger partial charge < -0.3 is 24.3 Å². The van der Waals surface area contributed by atoms with E-state index in [0.29, 0.717) is 34.4 Å². The summed E-state index contributed by atoms with van der Waals surface area (Å²) in [6.07, 6.45) is 0. The summed E-state index contributed by atoms with van der Waals surface area (Å²) in [6, 6.07) is 11.0. The molecule has 0 aliphatic heterocycles. The number of hydrogen-bond acceptors (Lipinski definition) is 7. The lowest BCUT2D eigenvalue weighted by molar-refractivity contribution is -0.143. The number of aryl methyl sites for hydroxylation is 1. The van der Waals surface area contributed by atoms with Crippen molar-refractivity contribution in [2.45, 2.75) is 20.5 Å². The van der Waals surface area contributed by atoms with Gasteiger partial charge in [-0.2, -0.15) is 0 Å². The van der Waals surface area contributed by atoms with Crippen LogP contribution in [0.25, 0.3) is 11.0 Å². The molecule has 3 aromatic rings. The Morgan fingerprint density at radius 1 is 1.17 bits per heavy atom. The summed E-state index contributed by atoms with van der Waals surface area (Å²) in [5, 5.41) is 12.8. The van der Waals surface area contributed by atoms with E-state index in [1.807, 2.05) is 6.92 Å². The molecule has 2 N–H and O–H groups in total. The normalized spacial score (nSPS) is 10.6. The molecular weight excluding hydrogens is 390 g/mol. The van der Waals surface area contributed by atoms with Crippen molar-refractivity contribution in [3.8, 4) is 11.5 Å². The topological polar surface area (TPSA) is 115 Å². The van der Waals surface area contributed by atoms with E-state index in [4.69, 9.17) is 13.9 Å². The summed E-state index contributed by atoms with van der Waals surface area (Å²) in [4.78, 5) is 36.2. The van der Waals surface area contributed by atoms with Crippen LogP contribution < -0.4 is 15.7 Å². The number of benzene rings is 2. The minimum atomic E-state index is -0.672. The summed E-state index contributed by atoms with van der Waals surface area (Å²) < 4.78 is 15.8. The fraction of sp³-hybridized carbons (Fsp3) is 0.227. The van der Waals surface area contributed by atoms with Crippen LogP contribution in [0.3, 0.4) is 0 Å². The zero-order valence-corrected chi connectivity index (χ0v) is 16.6. The Hall–Kier alpha value is -3.81. The molecule has 1 amide bonds. The van der Waals surface area contributed by atoms with Gasteiger partial charge in [-0.3, -0.25) is 9.59 Å². The number of hydrogen-bond donors (Lipinski definition) is 2. The molecule has 30 heavy (non-hydrogen) atoms. The van der Waals surface area contributed by atoms with Crippen LogP contribution in [-0.4, -0.2) is 30.1 Å². The largest absolute Gasteiger partial charge is 0.508 e. The molecule has 8 heteroatoms. The minimum absolute atomic E-state index is 0.00478. The highest BCUT2D eigenvalue weighted by molar-refractivity contribution is 5.98. The number of fused-ring (bicyclic) bond motifs is 1. The standard InChI is InChI=1S/C22H21NO7/c1-3-28-18-7-5-4-6-16(18)22(27)23-11-20(26)29-12-14-10-19(25)30-21-13(2)17(24)9-8-15(14)21/h4-10,24H,3,11-12H2,1-2H3,(H,23,27). The second-order valence-electron chi connectivity index (χ2n) is 6.45. The molecule has 0 aliphatic rings. The van der Waals surface area contributed by atoms with Crippen LogP contribution in [0, 0.1) is 6.92 Å². The Kier molecular flexibility index (Phi) is 6.36. The van der Waals surface area contributed by atoms with Crippen LogP contribution in [-0.2, 0) is 16.1 Å². The van der Waals surface area contributed by atoms with Gasteiger partial charge in [0.15, 0.2) is 0 Å². The van der Waals surface area contributed by atoms with Gasteiger partial charge in [0, 0.05) is 22.6 Å². The van der Waals surface area contributed by atoms with Crippen molar-refractivity contribution in [2.24, 2.45) is 0 Å². The summed E-state index contributed by atoms with van der Waals surface area (Å²) >= 11 is 0. The first-order valence-corrected chi connectivity index (χ1v) is 9.31. The predicted octanol–water partition coefficient (Wildman–Crippen LogP) is 2.68. The average Bonchev–Trinajstić information content (AvgIpc) is 2.74. The molecule has 1 aromatic heterocycles. The third-order valence-corrected chi connectivity index (χ3v) is 4.43. The molecular formula is C22H21NO7. The second kappa shape index (κ2) is 9.13. The van der Waals surface area contributed by atoms with Gasteiger partial charge >= 0.3 is 11.6 Å². The van der Waals surface area contributed by atoms with Gasteiger partial charge in [-0.05, 0) is 38.1 Å². The van der Waals surface area contributed by atoms with Crippen LogP contribution in [0.2, 0.25) is 0 Å². The van der Waals surface area contributed by atoms with Gasteiger partial charge in [0.1, 0.15) is 30.2 Å². The third-order valence-electron chi connectivity index (χ3n) is 4.43. The molecule has 8 nitrogen and oxygen atoms in total. The van der Waals surface area contributed by atoms with Crippen molar-refractivity contribution in [3.05, 3.63) is 69.6 Å². The van der Waals surface area contributed by atoms with E-state index in [1.54, 1.807) is 37.3 Å². The fourth-order valence-electron chi connectivity index (χ4n) is 2.93. The van der Waals surface area contributed by atoms with Crippen molar-refractivity contribution in [3.63, 3.8) is 0 Å². The zero-order valence-electron chi connectivity index (χ0n) is 16.6. The highest BCUT2D eigenvalue weighted by atomic mass is 16.5. The van der Waals surface area contributed by atoms with Gasteiger partial charge in [0.05, 0.1) is 12.2 Å². The number of para-hydroxylation sites is 1. The third kappa shape index (κ3) is 4.60. The number of phenolic OH excluding ortho intramolecular Hbond substituents is 1. The lowest BCUT2D eigenvalue weighted by atomic mass is 10.1. The van der Waals surface area contributed by atoms with Crippen LogP contribution in [0.1, 0.15) is 28.4 Å². The molecule has 0 atom stereocenters. The monoisotopic (exact) mass is 411 g/mol. The Morgan fingerprint density at radius 3 is 2.70 bits per heavy atom. The Morgan fingerprint density at radius 2 is 1.93 bits per heavy atom. The van der Waals surface area contributed by atoms with E-state index < -0.39 is 17.5 Å². The molecule has 0 aliphatic carbocycles. The summed E-state index contributed by atoms with van der Waals surface area (Å²) in [5.74, 6) is -0.719. The molecule has 0 spiro atoms. The maximum Gasteiger partial charge on any atom is 0.336 e. The lowest BCUT2D eigenvalue weighted by Crippen LogP contribution is -2.31. The van der Waals surface area contributed by atoms with Crippen LogP contribution in [0.15, 0.2) is 51.7 Å². The van der Waals surface area contributed by atoms with Gasteiger partial charge in [-0.15, -0.1) is 0 Å². The van der Waals surface area contributed by atoms with Crippen LogP contribution in [0.4, 0.5) is 0 Å². The molecule has 3 rings (SSSR count). The van der Waals surface area contributed by atoms with Gasteiger partial charge in [0.2, 0.25) is 0 Å². The highest BCUT2D eigenvalue weighted by Gasteiger charge is 2.15. The van der Waals surface area contributed by atoms with E-state index in [9.17, 15) is 19.5 Å². The fourth-order valence-corrected chi connectivity index (χ4v) is 2.93. The van der Waals surface area contributed by atoms with Gasteiger partial charge in [-0.1, -0.05) is 12.1 Å². The quantitative estimate of drug-likeness (QED) is 0.454. The molecule has 0 bridgehead atoms. The smallest absolute Gasteiger partial charge is 0.336 e. The van der Waals surface area contributed by atoms with E-state index in [0.717, 1.165) is 0 Å². The maximum absolute atomic E-state index is 12.3. The number of rotatable bonds is 7. The molecule has 0 saturated heterocycles. The first kappa shape index (κ1) is 20.9. The van der Waals surface area contributed by atoms with Crippen molar-refractivity contribution >= 4 is 22.8 Å². The van der Waals surface area contributed by atoms with Crippen molar-refractivity contribution in [1.29, 1.82) is 0 Å². The zero-order chi connectivity index (χ0) is 21.7. The lowest BCUT2D eigenvalue weighted by Gasteiger charge is -2.11. The molecule has 1 heterocycles. The number of ether oxygens (including phenoxy) is 2. The number of nitrogens with one attached hydrogen (secondary N) is 1. The minimum Gasteiger partial charge on any atom is -0.508 e. The Balaban J connectivity index is 1.65. The number of carbonyl (C=O) groups excluding carboxylic acids is 2. The Labute approximate surface area is 172 Å². The molecule has 0 fully saturated rings. The molecule has 0 unspecified atom stereocenters. The molecule has 0 radical (unpaired) electrons. The van der Waals surface area contributed by atoms with E-state index in [-0.39, 0.29) is 24.5 Å². The predicted molar refractivity (Wildman–Crippen MR) is 109 cm³/mol. The second-order valence-corrected chi connectivity index (χ2v) is 6.45. The van der Waals surface area contributed by atoms with E-state index in [1.165, 1.54) is 12.1 Å². The maximum atomic E-state index is 12.3. The number of aromatic hydroxyl groups is 1. The van der Waals surface area contributed by atoms with Crippen molar-refractivity contribution < 1.29 is 28.6 Å². The average molecular weight is 411 g/mol. The summed E-state index contributed by atoms with van der Waals surface area (Å²) in [5.41, 5.74) is 0.773. The molecule has 156 valence electrons. The first-order chi connectivity index (χ1) is 14.4. The van der Waals surface area contributed by atoms with Gasteiger partial charge in [-0.25, -0.2) is 4.79 Å². The Bertz CT molecular complexity index is 1150. The summed E-state index contributed by atoms with van der Waals surface area (Å²) in [6.45, 7) is 3.30. The summed E-state index contributed by atoms with van der Waals surface area (Å²) in [7, 11) is 0. The van der Waals surface area contributed by atoms with Gasteiger partial charge in [0.25, 0.3) is 5.91 Å². The highest BCUT2D eigenvalue weighted by Crippen LogP contribution is 2.27. The molecule has 0 saturated carbocycles. The number of amides is 1. The van der Waals surface area contributed by atoms with E-state index >= 15 is 0 Å². The van der Waals surface area contributed by atoms with Crippen molar-refractivity contribution in [2.75, 3.05) is 13.2 Å². The molecule has 2 aromatic carbocycles. The first-order valence-electron chi connectivity index (χ1n) is 9.31. The number of carbonyl (C=O) groups is 2. The number of esters is 1. The van der Waals surface area contributed by atoms with Crippen LogP contribution in [0.5, 0.6) is 11.5 Å². The van der Waals surface area contributed by atoms with E-state index in [2.05, 4.69) is 5.32 Å². The number of phenols is 1. The van der Waals surface area contributed by atoms with Crippen LogP contribution >= 0.6 is 0 Å².